The van der Waals surface area contributed by atoms with Crippen LogP contribution in [0.3, 0.4) is 0 Å². The smallest absolute Gasteiger partial charge is 0.0733 e. The second kappa shape index (κ2) is 4.99. The maximum atomic E-state index is 8.42. The molecule has 0 bridgehead atoms. The van der Waals surface area contributed by atoms with Gasteiger partial charge in [-0.2, -0.15) is 0 Å². The SMILES string of the molecule is CN1CCN(c2ccc(C=NO)cc2)CC1. The molecule has 0 atom stereocenters. The minimum atomic E-state index is 0.917. The fourth-order valence-corrected chi connectivity index (χ4v) is 1.90. The van der Waals surface area contributed by atoms with Crippen LogP contribution in [-0.4, -0.2) is 49.5 Å². The minimum Gasteiger partial charge on any atom is -0.411 e. The zero-order valence-corrected chi connectivity index (χ0v) is 9.50. The van der Waals surface area contributed by atoms with Crippen molar-refractivity contribution < 1.29 is 5.21 Å². The van der Waals surface area contributed by atoms with Crippen molar-refractivity contribution in [2.24, 2.45) is 5.16 Å². The predicted octanol–water partition coefficient (Wildman–Crippen LogP) is 1.25. The normalized spacial score (nSPS) is 18.2. The Labute approximate surface area is 95.8 Å². The number of piperazine rings is 1. The van der Waals surface area contributed by atoms with Crippen molar-refractivity contribution in [3.63, 3.8) is 0 Å². The second-order valence-electron chi connectivity index (χ2n) is 4.13. The van der Waals surface area contributed by atoms with E-state index in [1.807, 2.05) is 12.1 Å². The van der Waals surface area contributed by atoms with E-state index in [0.29, 0.717) is 0 Å². The van der Waals surface area contributed by atoms with Crippen LogP contribution >= 0.6 is 0 Å². The van der Waals surface area contributed by atoms with E-state index in [1.54, 1.807) is 0 Å². The number of rotatable bonds is 2. The number of anilines is 1. The van der Waals surface area contributed by atoms with E-state index in [2.05, 4.69) is 34.1 Å². The molecule has 0 aliphatic carbocycles. The summed E-state index contributed by atoms with van der Waals surface area (Å²) < 4.78 is 0. The van der Waals surface area contributed by atoms with Crippen molar-refractivity contribution in [3.8, 4) is 0 Å². The van der Waals surface area contributed by atoms with Crippen LogP contribution < -0.4 is 4.90 Å². The van der Waals surface area contributed by atoms with Gasteiger partial charge in [-0.1, -0.05) is 17.3 Å². The standard InChI is InChI=1S/C12H17N3O/c1-14-6-8-15(9-7-14)12-4-2-11(3-5-12)10-13-16/h2-5,10,16H,6-9H2,1H3. The summed E-state index contributed by atoms with van der Waals surface area (Å²) in [7, 11) is 2.15. The summed E-state index contributed by atoms with van der Waals surface area (Å²) in [5.74, 6) is 0. The Bertz CT molecular complexity index is 353. The second-order valence-corrected chi connectivity index (χ2v) is 4.13. The zero-order valence-electron chi connectivity index (χ0n) is 9.50. The van der Waals surface area contributed by atoms with E-state index in [0.717, 1.165) is 31.7 Å². The highest BCUT2D eigenvalue weighted by atomic mass is 16.4. The Morgan fingerprint density at radius 1 is 1.12 bits per heavy atom. The van der Waals surface area contributed by atoms with Crippen LogP contribution in [0.2, 0.25) is 0 Å². The molecular weight excluding hydrogens is 202 g/mol. The van der Waals surface area contributed by atoms with Crippen molar-refractivity contribution in [2.45, 2.75) is 0 Å². The first kappa shape index (κ1) is 11.0. The third kappa shape index (κ3) is 2.52. The highest BCUT2D eigenvalue weighted by molar-refractivity contribution is 5.79. The first-order valence-electron chi connectivity index (χ1n) is 5.50. The molecule has 0 saturated carbocycles. The topological polar surface area (TPSA) is 39.1 Å². The molecule has 0 aromatic heterocycles. The molecule has 86 valence electrons. The number of hydrogen-bond donors (Lipinski definition) is 1. The lowest BCUT2D eigenvalue weighted by Gasteiger charge is -2.34. The van der Waals surface area contributed by atoms with Crippen LogP contribution in [0.5, 0.6) is 0 Å². The van der Waals surface area contributed by atoms with Gasteiger partial charge in [0.15, 0.2) is 0 Å². The summed E-state index contributed by atoms with van der Waals surface area (Å²) >= 11 is 0. The maximum absolute atomic E-state index is 8.42. The molecule has 1 aliphatic heterocycles. The van der Waals surface area contributed by atoms with Crippen LogP contribution in [0.25, 0.3) is 0 Å². The average molecular weight is 219 g/mol. The van der Waals surface area contributed by atoms with Crippen molar-refractivity contribution in [3.05, 3.63) is 29.8 Å². The summed E-state index contributed by atoms with van der Waals surface area (Å²) in [6.07, 6.45) is 1.44. The number of oxime groups is 1. The molecule has 0 unspecified atom stereocenters. The summed E-state index contributed by atoms with van der Waals surface area (Å²) in [6, 6.07) is 8.07. The lowest BCUT2D eigenvalue weighted by molar-refractivity contribution is 0.313. The molecule has 4 nitrogen and oxygen atoms in total. The molecule has 1 saturated heterocycles. The van der Waals surface area contributed by atoms with Gasteiger partial charge in [0, 0.05) is 31.9 Å². The molecule has 1 aliphatic rings. The molecule has 16 heavy (non-hydrogen) atoms. The van der Waals surface area contributed by atoms with Gasteiger partial charge in [0.1, 0.15) is 0 Å². The van der Waals surface area contributed by atoms with Gasteiger partial charge in [-0.25, -0.2) is 0 Å². The van der Waals surface area contributed by atoms with Crippen LogP contribution in [0.1, 0.15) is 5.56 Å². The Hall–Kier alpha value is -1.55. The maximum Gasteiger partial charge on any atom is 0.0733 e. The Kier molecular flexibility index (Phi) is 3.41. The fourth-order valence-electron chi connectivity index (χ4n) is 1.90. The van der Waals surface area contributed by atoms with Crippen molar-refractivity contribution in [1.82, 2.24) is 4.90 Å². The molecule has 4 heteroatoms. The molecule has 2 rings (SSSR count). The monoisotopic (exact) mass is 219 g/mol. The van der Waals surface area contributed by atoms with Gasteiger partial charge in [0.05, 0.1) is 6.21 Å². The summed E-state index contributed by atoms with van der Waals surface area (Å²) in [5.41, 5.74) is 2.16. The van der Waals surface area contributed by atoms with Gasteiger partial charge in [-0.3, -0.25) is 0 Å². The van der Waals surface area contributed by atoms with E-state index in [-0.39, 0.29) is 0 Å². The summed E-state index contributed by atoms with van der Waals surface area (Å²) in [6.45, 7) is 4.37. The van der Waals surface area contributed by atoms with Crippen molar-refractivity contribution >= 4 is 11.9 Å². The molecule has 0 radical (unpaired) electrons. The van der Waals surface area contributed by atoms with E-state index in [1.165, 1.54) is 11.9 Å². The summed E-state index contributed by atoms with van der Waals surface area (Å²) in [4.78, 5) is 4.71. The first-order chi connectivity index (χ1) is 7.79. The summed E-state index contributed by atoms with van der Waals surface area (Å²) in [5, 5.41) is 11.4. The van der Waals surface area contributed by atoms with E-state index >= 15 is 0 Å². The zero-order chi connectivity index (χ0) is 11.4. The van der Waals surface area contributed by atoms with E-state index < -0.39 is 0 Å². The number of nitrogens with zero attached hydrogens (tertiary/aromatic N) is 3. The van der Waals surface area contributed by atoms with Crippen LogP contribution in [0, 0.1) is 0 Å². The fraction of sp³-hybridized carbons (Fsp3) is 0.417. The highest BCUT2D eigenvalue weighted by Crippen LogP contribution is 2.16. The third-order valence-corrected chi connectivity index (χ3v) is 2.97. The van der Waals surface area contributed by atoms with Gasteiger partial charge in [0.25, 0.3) is 0 Å². The van der Waals surface area contributed by atoms with Crippen molar-refractivity contribution in [1.29, 1.82) is 0 Å². The first-order valence-corrected chi connectivity index (χ1v) is 5.50. The van der Waals surface area contributed by atoms with Crippen LogP contribution in [0.4, 0.5) is 5.69 Å². The molecule has 1 N–H and O–H groups in total. The molecule has 1 fully saturated rings. The molecule has 0 spiro atoms. The largest absolute Gasteiger partial charge is 0.411 e. The Morgan fingerprint density at radius 2 is 1.75 bits per heavy atom. The molecule has 0 amide bonds. The Balaban J connectivity index is 2.04. The quantitative estimate of drug-likeness (QED) is 0.462. The van der Waals surface area contributed by atoms with Crippen molar-refractivity contribution in [2.75, 3.05) is 38.1 Å². The number of benzene rings is 1. The molecule has 1 aromatic carbocycles. The number of likely N-dealkylation sites (N-methyl/N-ethyl adjacent to an activating group) is 1. The van der Waals surface area contributed by atoms with Gasteiger partial charge in [-0.15, -0.1) is 0 Å². The van der Waals surface area contributed by atoms with Gasteiger partial charge in [0.2, 0.25) is 0 Å². The predicted molar refractivity (Wildman–Crippen MR) is 65.5 cm³/mol. The Morgan fingerprint density at radius 3 is 2.31 bits per heavy atom. The van der Waals surface area contributed by atoms with E-state index in [4.69, 9.17) is 5.21 Å². The number of hydrogen-bond acceptors (Lipinski definition) is 4. The average Bonchev–Trinajstić information content (AvgIpc) is 2.32. The third-order valence-electron chi connectivity index (χ3n) is 2.97. The molecule has 1 heterocycles. The lowest BCUT2D eigenvalue weighted by atomic mass is 10.2. The van der Waals surface area contributed by atoms with E-state index in [9.17, 15) is 0 Å². The van der Waals surface area contributed by atoms with Gasteiger partial charge >= 0.3 is 0 Å². The minimum absolute atomic E-state index is 0.917. The van der Waals surface area contributed by atoms with Crippen LogP contribution in [0.15, 0.2) is 29.4 Å². The molecular formula is C12H17N3O. The highest BCUT2D eigenvalue weighted by Gasteiger charge is 2.13. The van der Waals surface area contributed by atoms with Crippen LogP contribution in [-0.2, 0) is 0 Å². The van der Waals surface area contributed by atoms with Gasteiger partial charge < -0.3 is 15.0 Å². The van der Waals surface area contributed by atoms with Gasteiger partial charge in [-0.05, 0) is 24.7 Å². The lowest BCUT2D eigenvalue weighted by Crippen LogP contribution is -2.44. The molecule has 1 aromatic rings.